The lowest BCUT2D eigenvalue weighted by atomic mass is 10.1. The molecule has 1 aromatic carbocycles. The van der Waals surface area contributed by atoms with Crippen LogP contribution in [-0.2, 0) is 14.3 Å². The Morgan fingerprint density at radius 3 is 2.85 bits per heavy atom. The highest BCUT2D eigenvalue weighted by atomic mass is 35.5. The Kier molecular flexibility index (Phi) is 5.44. The van der Waals surface area contributed by atoms with Crippen LogP contribution in [0.3, 0.4) is 0 Å². The number of amides is 1. The number of rotatable bonds is 4. The number of nitrogens with zero attached hydrogens (tertiary/aromatic N) is 1. The Hall–Kier alpha value is -2.57. The number of carbonyl (C=O) groups is 2. The minimum atomic E-state index is -0.624. The molecule has 1 aromatic heterocycles. The third-order valence-electron chi connectivity index (χ3n) is 3.59. The fourth-order valence-electron chi connectivity index (χ4n) is 2.27. The van der Waals surface area contributed by atoms with Crippen LogP contribution in [0, 0.1) is 6.92 Å². The number of aromatic nitrogens is 1. The summed E-state index contributed by atoms with van der Waals surface area (Å²) in [5.74, 6) is -0.336. The summed E-state index contributed by atoms with van der Waals surface area (Å²) in [5.41, 5.74) is 1.63. The number of nitrogens with one attached hydrogen (secondary N) is 1. The number of ether oxygens (including phenoxy) is 2. The van der Waals surface area contributed by atoms with Crippen LogP contribution in [0.25, 0.3) is 6.08 Å². The van der Waals surface area contributed by atoms with Gasteiger partial charge in [0.15, 0.2) is 12.4 Å². The predicted octanol–water partition coefficient (Wildman–Crippen LogP) is 3.65. The summed E-state index contributed by atoms with van der Waals surface area (Å²) >= 11 is 11.9. The Balaban J connectivity index is 1.59. The molecule has 0 radical (unpaired) electrons. The van der Waals surface area contributed by atoms with Crippen molar-refractivity contribution in [1.29, 1.82) is 0 Å². The Morgan fingerprint density at radius 1 is 1.27 bits per heavy atom. The highest BCUT2D eigenvalue weighted by Crippen LogP contribution is 2.27. The molecule has 3 rings (SSSR count). The van der Waals surface area contributed by atoms with E-state index in [-0.39, 0.29) is 17.4 Å². The molecule has 0 bridgehead atoms. The van der Waals surface area contributed by atoms with Crippen molar-refractivity contribution >= 4 is 47.0 Å². The summed E-state index contributed by atoms with van der Waals surface area (Å²) in [6, 6.07) is 8.80. The number of halogens is 2. The number of fused-ring (bicyclic) bond motifs is 1. The molecule has 6 nitrogen and oxygen atoms in total. The first-order chi connectivity index (χ1) is 12.4. The number of hydrogen-bond donors (Lipinski definition) is 1. The number of aryl methyl sites for hydroxylation is 1. The maximum atomic E-state index is 12.1. The van der Waals surface area contributed by atoms with Crippen LogP contribution in [0.15, 0.2) is 35.9 Å². The lowest BCUT2D eigenvalue weighted by Gasteiger charge is -2.16. The van der Waals surface area contributed by atoms with Crippen LogP contribution in [0.5, 0.6) is 5.75 Å². The van der Waals surface area contributed by atoms with E-state index in [9.17, 15) is 9.59 Å². The second-order valence-electron chi connectivity index (χ2n) is 5.51. The molecule has 0 atom stereocenters. The van der Waals surface area contributed by atoms with Crippen molar-refractivity contribution in [3.8, 4) is 5.75 Å². The van der Waals surface area contributed by atoms with Gasteiger partial charge in [0.25, 0.3) is 5.91 Å². The minimum Gasteiger partial charge on any atom is -0.488 e. The van der Waals surface area contributed by atoms with E-state index in [0.29, 0.717) is 22.0 Å². The molecule has 0 saturated heterocycles. The van der Waals surface area contributed by atoms with E-state index in [2.05, 4.69) is 10.3 Å². The fraction of sp³-hybridized carbons (Fsp3) is 0.167. The lowest BCUT2D eigenvalue weighted by molar-refractivity contribution is -0.143. The zero-order valence-electron chi connectivity index (χ0n) is 13.7. The molecule has 1 aliphatic rings. The molecule has 0 saturated carbocycles. The number of anilines is 1. The molecular weight excluding hydrogens is 379 g/mol. The molecule has 1 N–H and O–H groups in total. The van der Waals surface area contributed by atoms with Gasteiger partial charge in [-0.2, -0.15) is 0 Å². The van der Waals surface area contributed by atoms with Crippen LogP contribution >= 0.6 is 23.2 Å². The quantitative estimate of drug-likeness (QED) is 0.803. The molecule has 0 aliphatic carbocycles. The molecule has 0 unspecified atom stereocenters. The molecule has 1 aliphatic heterocycles. The molecular formula is C18H14Cl2N2O4. The van der Waals surface area contributed by atoms with Crippen LogP contribution in [-0.4, -0.2) is 30.1 Å². The van der Waals surface area contributed by atoms with Gasteiger partial charge in [0.05, 0.1) is 21.3 Å². The van der Waals surface area contributed by atoms with Gasteiger partial charge in [-0.15, -0.1) is 0 Å². The van der Waals surface area contributed by atoms with Crippen molar-refractivity contribution < 1.29 is 19.1 Å². The number of benzene rings is 1. The van der Waals surface area contributed by atoms with Gasteiger partial charge in [-0.1, -0.05) is 41.4 Å². The van der Waals surface area contributed by atoms with Gasteiger partial charge in [0.2, 0.25) is 0 Å². The van der Waals surface area contributed by atoms with Gasteiger partial charge in [0.1, 0.15) is 12.4 Å². The maximum Gasteiger partial charge on any atom is 0.338 e. The average Bonchev–Trinajstić information content (AvgIpc) is 2.63. The van der Waals surface area contributed by atoms with Crippen molar-refractivity contribution in [2.24, 2.45) is 0 Å². The Labute approximate surface area is 159 Å². The van der Waals surface area contributed by atoms with Gasteiger partial charge in [-0.25, -0.2) is 9.78 Å². The first-order valence-corrected chi connectivity index (χ1v) is 8.41. The molecule has 8 heteroatoms. The van der Waals surface area contributed by atoms with Crippen molar-refractivity contribution in [3.05, 3.63) is 57.2 Å². The van der Waals surface area contributed by atoms with E-state index in [1.165, 1.54) is 6.07 Å². The Morgan fingerprint density at radius 2 is 2.04 bits per heavy atom. The van der Waals surface area contributed by atoms with Crippen LogP contribution in [0.2, 0.25) is 10.0 Å². The maximum absolute atomic E-state index is 12.1. The third-order valence-corrected chi connectivity index (χ3v) is 4.26. The van der Waals surface area contributed by atoms with Crippen molar-refractivity contribution in [1.82, 2.24) is 4.98 Å². The van der Waals surface area contributed by atoms with Crippen molar-refractivity contribution in [3.63, 3.8) is 0 Å². The van der Waals surface area contributed by atoms with E-state index >= 15 is 0 Å². The summed E-state index contributed by atoms with van der Waals surface area (Å²) in [6.45, 7) is 1.29. The topological polar surface area (TPSA) is 77.5 Å². The number of esters is 1. The largest absolute Gasteiger partial charge is 0.488 e. The standard InChI is InChI=1S/C18H14Cl2N2O4/c1-10-13(19)7-14(20)17(21-10)22-16(23)9-26-18(24)12-6-11-4-2-3-5-15(11)25-8-12/h2-7H,8-9H2,1H3,(H,21,22,23). The van der Waals surface area contributed by atoms with Gasteiger partial charge in [-0.3, -0.25) is 4.79 Å². The van der Waals surface area contributed by atoms with E-state index in [1.54, 1.807) is 13.0 Å². The summed E-state index contributed by atoms with van der Waals surface area (Å²) in [5, 5.41) is 3.07. The Bertz CT molecular complexity index is 912. The second-order valence-corrected chi connectivity index (χ2v) is 6.32. The number of carbonyl (C=O) groups excluding carboxylic acids is 2. The van der Waals surface area contributed by atoms with Crippen LogP contribution < -0.4 is 10.1 Å². The molecule has 26 heavy (non-hydrogen) atoms. The zero-order valence-corrected chi connectivity index (χ0v) is 15.2. The molecule has 0 spiro atoms. The van der Waals surface area contributed by atoms with Crippen molar-refractivity contribution in [2.75, 3.05) is 18.5 Å². The molecule has 1 amide bonds. The molecule has 2 aromatic rings. The molecule has 2 heterocycles. The summed E-state index contributed by atoms with van der Waals surface area (Å²) in [7, 11) is 0. The van der Waals surface area contributed by atoms with E-state index < -0.39 is 18.5 Å². The van der Waals surface area contributed by atoms with Gasteiger partial charge in [0, 0.05) is 5.56 Å². The monoisotopic (exact) mass is 392 g/mol. The molecule has 0 fully saturated rings. The normalized spacial score (nSPS) is 12.5. The summed E-state index contributed by atoms with van der Waals surface area (Å²) in [6.07, 6.45) is 1.68. The highest BCUT2D eigenvalue weighted by Gasteiger charge is 2.19. The predicted molar refractivity (Wildman–Crippen MR) is 98.5 cm³/mol. The summed E-state index contributed by atoms with van der Waals surface area (Å²) < 4.78 is 10.5. The van der Waals surface area contributed by atoms with Gasteiger partial charge < -0.3 is 14.8 Å². The van der Waals surface area contributed by atoms with Crippen LogP contribution in [0.1, 0.15) is 11.3 Å². The minimum absolute atomic E-state index is 0.0846. The smallest absolute Gasteiger partial charge is 0.338 e. The number of hydrogen-bond acceptors (Lipinski definition) is 5. The van der Waals surface area contributed by atoms with Crippen molar-refractivity contribution in [2.45, 2.75) is 6.92 Å². The van der Waals surface area contributed by atoms with Crippen LogP contribution in [0.4, 0.5) is 5.82 Å². The lowest BCUT2D eigenvalue weighted by Crippen LogP contribution is -2.24. The number of para-hydroxylation sites is 1. The fourth-order valence-corrected chi connectivity index (χ4v) is 2.68. The SMILES string of the molecule is Cc1nc(NC(=O)COC(=O)C2=Cc3ccccc3OC2)c(Cl)cc1Cl. The van der Waals surface area contributed by atoms with Gasteiger partial charge in [-0.05, 0) is 25.1 Å². The summed E-state index contributed by atoms with van der Waals surface area (Å²) in [4.78, 5) is 28.2. The van der Waals surface area contributed by atoms with E-state index in [0.717, 1.165) is 5.56 Å². The zero-order chi connectivity index (χ0) is 18.7. The average molecular weight is 393 g/mol. The second kappa shape index (κ2) is 7.76. The van der Waals surface area contributed by atoms with E-state index in [4.69, 9.17) is 32.7 Å². The molecule has 134 valence electrons. The third kappa shape index (κ3) is 4.15. The number of pyridine rings is 1. The highest BCUT2D eigenvalue weighted by molar-refractivity contribution is 6.36. The first-order valence-electron chi connectivity index (χ1n) is 7.66. The van der Waals surface area contributed by atoms with Gasteiger partial charge >= 0.3 is 5.97 Å². The first kappa shape index (κ1) is 18.2. The van der Waals surface area contributed by atoms with E-state index in [1.807, 2.05) is 24.3 Å².